The van der Waals surface area contributed by atoms with E-state index in [1.807, 2.05) is 6.92 Å². The van der Waals surface area contributed by atoms with Crippen molar-refractivity contribution < 1.29 is 9.59 Å². The lowest BCUT2D eigenvalue weighted by molar-refractivity contribution is 0.100. The highest BCUT2D eigenvalue weighted by atomic mass is 32.1. The molecule has 0 bridgehead atoms. The maximum atomic E-state index is 12.2. The van der Waals surface area contributed by atoms with Gasteiger partial charge in [-0.1, -0.05) is 0 Å². The molecule has 0 atom stereocenters. The molecule has 1 N–H and O–H groups in total. The number of Topliss-reactive ketones (excluding diaryl/α,β-unsaturated/α-hetero) is 1. The molecule has 19 heavy (non-hydrogen) atoms. The van der Waals surface area contributed by atoms with Gasteiger partial charge in [0.25, 0.3) is 5.91 Å². The Bertz CT molecular complexity index is 657. The lowest BCUT2D eigenvalue weighted by Crippen LogP contribution is -2.14. The van der Waals surface area contributed by atoms with E-state index in [0.29, 0.717) is 22.1 Å². The molecule has 0 spiro atoms. The molecule has 0 aliphatic heterocycles. The maximum Gasteiger partial charge on any atom is 0.261 e. The fourth-order valence-corrected chi connectivity index (χ4v) is 2.50. The highest BCUT2D eigenvalue weighted by Gasteiger charge is 2.18. The summed E-state index contributed by atoms with van der Waals surface area (Å²) in [6, 6.07) is 0. The molecule has 0 radical (unpaired) electrons. The summed E-state index contributed by atoms with van der Waals surface area (Å²) in [6.45, 7) is 5.05. The summed E-state index contributed by atoms with van der Waals surface area (Å²) in [7, 11) is 1.79. The summed E-state index contributed by atoms with van der Waals surface area (Å²) in [5.74, 6) is -0.377. The van der Waals surface area contributed by atoms with Gasteiger partial charge in [-0.25, -0.2) is 4.98 Å². The smallest absolute Gasteiger partial charge is 0.261 e. The number of carbonyl (C=O) groups excluding carboxylic acids is 2. The Hall–Kier alpha value is -2.02. The van der Waals surface area contributed by atoms with Crippen LogP contribution in [0.25, 0.3) is 0 Å². The number of aryl methyl sites for hydroxylation is 2. The zero-order valence-corrected chi connectivity index (χ0v) is 12.0. The van der Waals surface area contributed by atoms with Crippen LogP contribution in [-0.4, -0.2) is 26.5 Å². The molecule has 0 aliphatic rings. The number of carbonyl (C=O) groups is 2. The van der Waals surface area contributed by atoms with Crippen LogP contribution in [0.1, 0.15) is 39.2 Å². The SMILES string of the molecule is CC(=O)c1csc(NC(=O)c2c(C)nn(C)c2C)n1. The molecule has 7 heteroatoms. The van der Waals surface area contributed by atoms with Crippen molar-refractivity contribution in [2.24, 2.45) is 7.05 Å². The molecule has 2 aromatic rings. The van der Waals surface area contributed by atoms with Gasteiger partial charge in [-0.3, -0.25) is 19.6 Å². The minimum atomic E-state index is -0.257. The zero-order chi connectivity index (χ0) is 14.2. The molecule has 0 saturated carbocycles. The van der Waals surface area contributed by atoms with E-state index in [2.05, 4.69) is 15.4 Å². The number of rotatable bonds is 3. The van der Waals surface area contributed by atoms with Crippen LogP contribution >= 0.6 is 11.3 Å². The molecule has 0 aromatic carbocycles. The van der Waals surface area contributed by atoms with Gasteiger partial charge in [0, 0.05) is 25.0 Å². The van der Waals surface area contributed by atoms with Crippen molar-refractivity contribution in [2.45, 2.75) is 20.8 Å². The van der Waals surface area contributed by atoms with Gasteiger partial charge in [0.1, 0.15) is 5.69 Å². The standard InChI is InChI=1S/C12H14N4O2S/c1-6-10(7(2)16(4)15-6)11(18)14-12-13-9(5-19-12)8(3)17/h5H,1-4H3,(H,13,14,18). The molecule has 6 nitrogen and oxygen atoms in total. The molecular weight excluding hydrogens is 264 g/mol. The molecule has 2 rings (SSSR count). The zero-order valence-electron chi connectivity index (χ0n) is 11.1. The van der Waals surface area contributed by atoms with Crippen molar-refractivity contribution in [3.05, 3.63) is 28.0 Å². The lowest BCUT2D eigenvalue weighted by atomic mass is 10.2. The predicted molar refractivity (Wildman–Crippen MR) is 72.8 cm³/mol. The fourth-order valence-electron chi connectivity index (χ4n) is 1.75. The van der Waals surface area contributed by atoms with E-state index < -0.39 is 0 Å². The normalized spacial score (nSPS) is 10.5. The third-order valence-electron chi connectivity index (χ3n) is 2.82. The lowest BCUT2D eigenvalue weighted by Gasteiger charge is -2.01. The fraction of sp³-hybridized carbons (Fsp3) is 0.333. The number of nitrogens with zero attached hydrogens (tertiary/aromatic N) is 3. The van der Waals surface area contributed by atoms with Crippen molar-refractivity contribution in [3.8, 4) is 0 Å². The quantitative estimate of drug-likeness (QED) is 0.870. The molecule has 0 fully saturated rings. The Balaban J connectivity index is 2.23. The van der Waals surface area contributed by atoms with Crippen LogP contribution in [0, 0.1) is 13.8 Å². The van der Waals surface area contributed by atoms with E-state index in [-0.39, 0.29) is 11.7 Å². The summed E-state index contributed by atoms with van der Waals surface area (Å²) in [4.78, 5) is 27.4. The highest BCUT2D eigenvalue weighted by molar-refractivity contribution is 7.14. The van der Waals surface area contributed by atoms with Crippen LogP contribution in [0.4, 0.5) is 5.13 Å². The Kier molecular flexibility index (Phi) is 3.48. The number of amides is 1. The first kappa shape index (κ1) is 13.4. The number of aromatic nitrogens is 3. The number of anilines is 1. The van der Waals surface area contributed by atoms with Gasteiger partial charge in [0.05, 0.1) is 11.3 Å². The first-order valence-corrected chi connectivity index (χ1v) is 6.56. The average Bonchev–Trinajstić information content (AvgIpc) is 2.85. The van der Waals surface area contributed by atoms with E-state index in [4.69, 9.17) is 0 Å². The molecule has 2 aromatic heterocycles. The molecule has 2 heterocycles. The third kappa shape index (κ3) is 2.55. The third-order valence-corrected chi connectivity index (χ3v) is 3.58. The number of ketones is 1. The maximum absolute atomic E-state index is 12.2. The van der Waals surface area contributed by atoms with Gasteiger partial charge in [-0.05, 0) is 13.8 Å². The van der Waals surface area contributed by atoms with Gasteiger partial charge in [-0.2, -0.15) is 5.10 Å². The van der Waals surface area contributed by atoms with Gasteiger partial charge in [-0.15, -0.1) is 11.3 Å². The number of hydrogen-bond donors (Lipinski definition) is 1. The van der Waals surface area contributed by atoms with Crippen LogP contribution in [0.3, 0.4) is 0 Å². The molecule has 0 unspecified atom stereocenters. The molecular formula is C12H14N4O2S. The van der Waals surface area contributed by atoms with Crippen molar-refractivity contribution in [2.75, 3.05) is 5.32 Å². The number of thiazole rings is 1. The second-order valence-electron chi connectivity index (χ2n) is 4.22. The van der Waals surface area contributed by atoms with Crippen LogP contribution < -0.4 is 5.32 Å². The minimum absolute atomic E-state index is 0.120. The number of hydrogen-bond acceptors (Lipinski definition) is 5. The molecule has 0 aliphatic carbocycles. The van der Waals surface area contributed by atoms with Gasteiger partial charge in [0.15, 0.2) is 10.9 Å². The summed E-state index contributed by atoms with van der Waals surface area (Å²) < 4.78 is 1.66. The number of nitrogens with one attached hydrogen (secondary N) is 1. The first-order chi connectivity index (χ1) is 8.90. The highest BCUT2D eigenvalue weighted by Crippen LogP contribution is 2.19. The van der Waals surface area contributed by atoms with Gasteiger partial charge >= 0.3 is 0 Å². The van der Waals surface area contributed by atoms with Crippen molar-refractivity contribution in [1.82, 2.24) is 14.8 Å². The minimum Gasteiger partial charge on any atom is -0.298 e. The van der Waals surface area contributed by atoms with E-state index in [9.17, 15) is 9.59 Å². The largest absolute Gasteiger partial charge is 0.298 e. The second kappa shape index (κ2) is 4.93. The van der Waals surface area contributed by atoms with Crippen LogP contribution in [0.5, 0.6) is 0 Å². The van der Waals surface area contributed by atoms with E-state index in [1.54, 1.807) is 24.0 Å². The summed E-state index contributed by atoms with van der Waals surface area (Å²) in [6.07, 6.45) is 0. The monoisotopic (exact) mass is 278 g/mol. The second-order valence-corrected chi connectivity index (χ2v) is 5.08. The Morgan fingerprint density at radius 1 is 1.37 bits per heavy atom. The summed E-state index contributed by atoms with van der Waals surface area (Å²) in [5, 5.41) is 8.92. The Labute approximate surface area is 114 Å². The molecule has 0 saturated heterocycles. The topological polar surface area (TPSA) is 76.9 Å². The Morgan fingerprint density at radius 2 is 2.05 bits per heavy atom. The van der Waals surface area contributed by atoms with Gasteiger partial charge in [0.2, 0.25) is 0 Å². The van der Waals surface area contributed by atoms with Crippen LogP contribution in [0.15, 0.2) is 5.38 Å². The molecule has 100 valence electrons. The van der Waals surface area contributed by atoms with Crippen molar-refractivity contribution in [3.63, 3.8) is 0 Å². The van der Waals surface area contributed by atoms with Crippen molar-refractivity contribution in [1.29, 1.82) is 0 Å². The molecule has 1 amide bonds. The van der Waals surface area contributed by atoms with E-state index in [0.717, 1.165) is 5.69 Å². The predicted octanol–water partition coefficient (Wildman–Crippen LogP) is 1.95. The van der Waals surface area contributed by atoms with E-state index >= 15 is 0 Å². The Morgan fingerprint density at radius 3 is 2.53 bits per heavy atom. The van der Waals surface area contributed by atoms with Crippen LogP contribution in [-0.2, 0) is 7.05 Å². The van der Waals surface area contributed by atoms with Gasteiger partial charge < -0.3 is 0 Å². The van der Waals surface area contributed by atoms with Crippen molar-refractivity contribution >= 4 is 28.2 Å². The first-order valence-electron chi connectivity index (χ1n) is 5.68. The summed E-state index contributed by atoms with van der Waals surface area (Å²) in [5.41, 5.74) is 2.36. The van der Waals surface area contributed by atoms with Crippen LogP contribution in [0.2, 0.25) is 0 Å². The van der Waals surface area contributed by atoms with E-state index in [1.165, 1.54) is 18.3 Å². The average molecular weight is 278 g/mol. The summed E-state index contributed by atoms with van der Waals surface area (Å²) >= 11 is 1.23.